The molecule has 1 heterocycles. The number of nitrogens with one attached hydrogen (secondary N) is 1. The van der Waals surface area contributed by atoms with Crippen LogP contribution in [0.2, 0.25) is 0 Å². The lowest BCUT2D eigenvalue weighted by molar-refractivity contribution is 0.102. The number of carbonyl (C=O) groups is 1. The van der Waals surface area contributed by atoms with Crippen LogP contribution in [0.5, 0.6) is 0 Å². The Labute approximate surface area is 175 Å². The molecular weight excluding hydrogens is 377 g/mol. The summed E-state index contributed by atoms with van der Waals surface area (Å²) in [5.74, 6) is -0.999. The molecule has 0 radical (unpaired) electrons. The minimum absolute atomic E-state index is 0.169. The lowest BCUT2D eigenvalue weighted by Gasteiger charge is -2.29. The summed E-state index contributed by atoms with van der Waals surface area (Å²) in [6, 6.07) is 21.5. The van der Waals surface area contributed by atoms with Crippen LogP contribution in [0, 0.1) is 17.1 Å². The molecule has 150 valence electrons. The molecule has 0 aromatic heterocycles. The van der Waals surface area contributed by atoms with E-state index < -0.39 is 5.82 Å². The predicted octanol–water partition coefficient (Wildman–Crippen LogP) is 5.61. The van der Waals surface area contributed by atoms with Crippen LogP contribution in [0.25, 0.3) is 11.1 Å². The van der Waals surface area contributed by atoms with E-state index in [1.54, 1.807) is 30.3 Å². The monoisotopic (exact) mass is 399 g/mol. The Morgan fingerprint density at radius 1 is 0.967 bits per heavy atom. The van der Waals surface area contributed by atoms with Gasteiger partial charge in [0.25, 0.3) is 5.91 Å². The summed E-state index contributed by atoms with van der Waals surface area (Å²) in [4.78, 5) is 15.1. The summed E-state index contributed by atoms with van der Waals surface area (Å²) in [5, 5.41) is 12.2. The molecule has 1 amide bonds. The second-order valence-corrected chi connectivity index (χ2v) is 7.38. The zero-order chi connectivity index (χ0) is 20.9. The number of anilines is 2. The standard InChI is InChI=1S/C25H22FN3O/c26-24-21(18-8-3-1-4-9-18)12-13-23(22(24)17-27)28-25(30)19-10-7-11-20(16-19)29-14-5-2-6-15-29/h1,3-4,7-13,16H,2,5-6,14-15H2,(H,28,30). The van der Waals surface area contributed by atoms with E-state index in [-0.39, 0.29) is 17.2 Å². The van der Waals surface area contributed by atoms with E-state index in [4.69, 9.17) is 0 Å². The first-order valence-electron chi connectivity index (χ1n) is 10.1. The Kier molecular flexibility index (Phi) is 5.76. The van der Waals surface area contributed by atoms with E-state index in [2.05, 4.69) is 10.2 Å². The fraction of sp³-hybridized carbons (Fsp3) is 0.200. The first-order chi connectivity index (χ1) is 14.7. The zero-order valence-corrected chi connectivity index (χ0v) is 16.6. The highest BCUT2D eigenvalue weighted by molar-refractivity contribution is 6.05. The summed E-state index contributed by atoms with van der Waals surface area (Å²) in [5.41, 5.74) is 2.50. The molecular formula is C25H22FN3O. The number of piperidine rings is 1. The van der Waals surface area contributed by atoms with E-state index >= 15 is 0 Å². The van der Waals surface area contributed by atoms with Gasteiger partial charge in [-0.05, 0) is 55.2 Å². The number of nitrogens with zero attached hydrogens (tertiary/aromatic N) is 2. The van der Waals surface area contributed by atoms with Gasteiger partial charge < -0.3 is 10.2 Å². The van der Waals surface area contributed by atoms with Crippen molar-refractivity contribution >= 4 is 17.3 Å². The van der Waals surface area contributed by atoms with Crippen molar-refractivity contribution in [1.29, 1.82) is 5.26 Å². The van der Waals surface area contributed by atoms with Crippen LogP contribution in [-0.2, 0) is 0 Å². The molecule has 3 aromatic carbocycles. The number of carbonyl (C=O) groups excluding carboxylic acids is 1. The highest BCUT2D eigenvalue weighted by Gasteiger charge is 2.18. The molecule has 1 saturated heterocycles. The summed E-state index contributed by atoms with van der Waals surface area (Å²) in [6.07, 6.45) is 3.53. The Morgan fingerprint density at radius 3 is 2.47 bits per heavy atom. The third-order valence-corrected chi connectivity index (χ3v) is 5.42. The number of amides is 1. The van der Waals surface area contributed by atoms with E-state index in [9.17, 15) is 14.4 Å². The normalized spacial score (nSPS) is 13.5. The average Bonchev–Trinajstić information content (AvgIpc) is 2.80. The molecule has 0 aliphatic carbocycles. The van der Waals surface area contributed by atoms with Crippen LogP contribution in [-0.4, -0.2) is 19.0 Å². The second-order valence-electron chi connectivity index (χ2n) is 7.38. The van der Waals surface area contributed by atoms with Crippen molar-refractivity contribution in [1.82, 2.24) is 0 Å². The van der Waals surface area contributed by atoms with Gasteiger partial charge in [-0.3, -0.25) is 4.79 Å². The molecule has 0 saturated carbocycles. The van der Waals surface area contributed by atoms with Gasteiger partial charge in [-0.15, -0.1) is 0 Å². The first kappa shape index (κ1) is 19.7. The maximum atomic E-state index is 15.0. The maximum absolute atomic E-state index is 15.0. The van der Waals surface area contributed by atoms with Crippen molar-refractivity contribution in [2.75, 3.05) is 23.3 Å². The Hall–Kier alpha value is -3.65. The van der Waals surface area contributed by atoms with Crippen molar-refractivity contribution in [2.45, 2.75) is 19.3 Å². The largest absolute Gasteiger partial charge is 0.372 e. The van der Waals surface area contributed by atoms with Crippen LogP contribution in [0.1, 0.15) is 35.2 Å². The van der Waals surface area contributed by atoms with Crippen molar-refractivity contribution in [3.8, 4) is 17.2 Å². The Balaban J connectivity index is 1.59. The number of nitriles is 1. The smallest absolute Gasteiger partial charge is 0.255 e. The van der Waals surface area contributed by atoms with Crippen LogP contribution in [0.15, 0.2) is 66.7 Å². The summed E-state index contributed by atoms with van der Waals surface area (Å²) < 4.78 is 15.0. The Morgan fingerprint density at radius 2 is 1.73 bits per heavy atom. The minimum Gasteiger partial charge on any atom is -0.372 e. The van der Waals surface area contributed by atoms with Gasteiger partial charge in [-0.1, -0.05) is 36.4 Å². The van der Waals surface area contributed by atoms with Crippen LogP contribution < -0.4 is 10.2 Å². The molecule has 0 spiro atoms. The van der Waals surface area contributed by atoms with Gasteiger partial charge >= 0.3 is 0 Å². The van der Waals surface area contributed by atoms with Crippen LogP contribution in [0.3, 0.4) is 0 Å². The molecule has 1 aliphatic heterocycles. The number of hydrogen-bond acceptors (Lipinski definition) is 3. The van der Waals surface area contributed by atoms with Gasteiger partial charge in [0.15, 0.2) is 5.82 Å². The van der Waals surface area contributed by atoms with Gasteiger partial charge in [0, 0.05) is 29.9 Å². The predicted molar refractivity (Wildman–Crippen MR) is 117 cm³/mol. The fourth-order valence-electron chi connectivity index (χ4n) is 3.82. The molecule has 0 bridgehead atoms. The molecule has 1 aliphatic rings. The van der Waals surface area contributed by atoms with Gasteiger partial charge in [-0.2, -0.15) is 5.26 Å². The topological polar surface area (TPSA) is 56.1 Å². The quantitative estimate of drug-likeness (QED) is 0.621. The molecule has 30 heavy (non-hydrogen) atoms. The van der Waals surface area contributed by atoms with E-state index in [1.807, 2.05) is 42.5 Å². The molecule has 0 unspecified atom stereocenters. The van der Waals surface area contributed by atoms with E-state index in [1.165, 1.54) is 6.42 Å². The highest BCUT2D eigenvalue weighted by Crippen LogP contribution is 2.30. The van der Waals surface area contributed by atoms with Crippen molar-refractivity contribution in [2.24, 2.45) is 0 Å². The average molecular weight is 399 g/mol. The summed E-state index contributed by atoms with van der Waals surface area (Å²) in [6.45, 7) is 1.96. The Bertz CT molecular complexity index is 1100. The first-order valence-corrected chi connectivity index (χ1v) is 10.1. The summed E-state index contributed by atoms with van der Waals surface area (Å²) in [7, 11) is 0. The van der Waals surface area contributed by atoms with E-state index in [0.29, 0.717) is 16.7 Å². The number of benzene rings is 3. The third-order valence-electron chi connectivity index (χ3n) is 5.42. The molecule has 5 heteroatoms. The molecule has 1 N–H and O–H groups in total. The van der Waals surface area contributed by atoms with Gasteiger partial charge in [0.2, 0.25) is 0 Å². The molecule has 4 nitrogen and oxygen atoms in total. The molecule has 4 rings (SSSR count). The molecule has 3 aromatic rings. The lowest BCUT2D eigenvalue weighted by atomic mass is 10.0. The summed E-state index contributed by atoms with van der Waals surface area (Å²) >= 11 is 0. The van der Waals surface area contributed by atoms with Gasteiger partial charge in [0.05, 0.1) is 5.69 Å². The highest BCUT2D eigenvalue weighted by atomic mass is 19.1. The molecule has 0 atom stereocenters. The van der Waals surface area contributed by atoms with E-state index in [0.717, 1.165) is 31.6 Å². The zero-order valence-electron chi connectivity index (χ0n) is 16.6. The van der Waals surface area contributed by atoms with Gasteiger partial charge in [-0.25, -0.2) is 4.39 Å². The van der Waals surface area contributed by atoms with Crippen molar-refractivity contribution in [3.05, 3.63) is 83.7 Å². The maximum Gasteiger partial charge on any atom is 0.255 e. The number of halogens is 1. The van der Waals surface area contributed by atoms with Crippen molar-refractivity contribution < 1.29 is 9.18 Å². The molecule has 1 fully saturated rings. The minimum atomic E-state index is -0.636. The second kappa shape index (κ2) is 8.79. The fourth-order valence-corrected chi connectivity index (χ4v) is 3.82. The lowest BCUT2D eigenvalue weighted by Crippen LogP contribution is -2.29. The van der Waals surface area contributed by atoms with Crippen molar-refractivity contribution in [3.63, 3.8) is 0 Å². The number of hydrogen-bond donors (Lipinski definition) is 1. The number of rotatable bonds is 4. The SMILES string of the molecule is N#Cc1c(NC(=O)c2cccc(N3CCCCC3)c2)ccc(-c2ccccc2)c1F. The third kappa shape index (κ3) is 4.04. The van der Waals surface area contributed by atoms with Crippen LogP contribution in [0.4, 0.5) is 15.8 Å². The van der Waals surface area contributed by atoms with Gasteiger partial charge in [0.1, 0.15) is 11.6 Å². The van der Waals surface area contributed by atoms with Crippen LogP contribution >= 0.6 is 0 Å².